The van der Waals surface area contributed by atoms with Gasteiger partial charge in [-0.05, 0) is 61.6 Å². The Morgan fingerprint density at radius 2 is 1.94 bits per heavy atom. The summed E-state index contributed by atoms with van der Waals surface area (Å²) < 4.78 is 11.4. The van der Waals surface area contributed by atoms with Crippen molar-refractivity contribution in [3.05, 3.63) is 59.2 Å². The van der Waals surface area contributed by atoms with Crippen molar-refractivity contribution in [3.8, 4) is 17.6 Å². The third kappa shape index (κ3) is 4.98. The minimum atomic E-state index is -0.939. The maximum absolute atomic E-state index is 12.9. The molecule has 1 aliphatic carbocycles. The van der Waals surface area contributed by atoms with E-state index in [0.717, 1.165) is 30.6 Å². The van der Waals surface area contributed by atoms with Crippen LogP contribution < -0.4 is 14.8 Å². The van der Waals surface area contributed by atoms with E-state index in [1.807, 2.05) is 6.07 Å². The number of carbonyl (C=O) groups excluding carboxylic acids is 3. The molecule has 2 aliphatic rings. The number of likely N-dealkylation sites (tertiary alicyclic amines) is 1. The van der Waals surface area contributed by atoms with Crippen LogP contribution in [-0.2, 0) is 16.1 Å². The number of hydrogen-bond donors (Lipinski definition) is 1. The average Bonchev–Trinajstić information content (AvgIpc) is 3.43. The van der Waals surface area contributed by atoms with Crippen molar-refractivity contribution in [2.75, 3.05) is 7.11 Å². The van der Waals surface area contributed by atoms with Gasteiger partial charge in [-0.3, -0.25) is 19.3 Å². The third-order valence-electron chi connectivity index (χ3n) is 5.97. The van der Waals surface area contributed by atoms with Crippen molar-refractivity contribution in [3.63, 3.8) is 0 Å². The number of nitriles is 1. The summed E-state index contributed by atoms with van der Waals surface area (Å²) in [6, 6.07) is 12.7. The molecule has 1 N–H and O–H groups in total. The first-order valence-electron chi connectivity index (χ1n) is 11.0. The fraction of sp³-hybridized carbons (Fsp3) is 0.360. The Kier molecular flexibility index (Phi) is 6.59. The van der Waals surface area contributed by atoms with E-state index in [1.165, 1.54) is 0 Å². The minimum absolute atomic E-state index is 0.0570. The SMILES string of the molecule is COc1ccc(C(=O)N[C@@H]2CC(=O)N(Cc3cccc(C#N)c3)C2=O)cc1OC1CCCC1. The van der Waals surface area contributed by atoms with Crippen LogP contribution in [-0.4, -0.2) is 41.9 Å². The number of nitrogens with zero attached hydrogens (tertiary/aromatic N) is 2. The number of carbonyl (C=O) groups is 3. The lowest BCUT2D eigenvalue weighted by molar-refractivity contribution is -0.139. The lowest BCUT2D eigenvalue weighted by atomic mass is 10.1. The average molecular weight is 447 g/mol. The Labute approximate surface area is 192 Å². The van der Waals surface area contributed by atoms with Crippen LogP contribution >= 0.6 is 0 Å². The van der Waals surface area contributed by atoms with E-state index in [-0.39, 0.29) is 25.0 Å². The van der Waals surface area contributed by atoms with Crippen LogP contribution in [0, 0.1) is 11.3 Å². The molecule has 1 atom stereocenters. The van der Waals surface area contributed by atoms with E-state index in [4.69, 9.17) is 14.7 Å². The normalized spacial score (nSPS) is 18.3. The van der Waals surface area contributed by atoms with Crippen LogP contribution in [0.15, 0.2) is 42.5 Å². The molecule has 0 aromatic heterocycles. The fourth-order valence-electron chi connectivity index (χ4n) is 4.22. The number of amides is 3. The Morgan fingerprint density at radius 3 is 2.67 bits per heavy atom. The summed E-state index contributed by atoms with van der Waals surface area (Å²) in [7, 11) is 1.54. The van der Waals surface area contributed by atoms with E-state index < -0.39 is 17.9 Å². The van der Waals surface area contributed by atoms with Gasteiger partial charge in [0, 0.05) is 5.56 Å². The van der Waals surface area contributed by atoms with Crippen LogP contribution in [0.5, 0.6) is 11.5 Å². The Balaban J connectivity index is 1.44. The van der Waals surface area contributed by atoms with Gasteiger partial charge >= 0.3 is 0 Å². The molecular weight excluding hydrogens is 422 g/mol. The van der Waals surface area contributed by atoms with Crippen LogP contribution in [0.4, 0.5) is 0 Å². The van der Waals surface area contributed by atoms with E-state index in [0.29, 0.717) is 28.2 Å². The predicted octanol–water partition coefficient (Wildman–Crippen LogP) is 2.95. The van der Waals surface area contributed by atoms with Crippen LogP contribution in [0.2, 0.25) is 0 Å². The van der Waals surface area contributed by atoms with E-state index in [9.17, 15) is 14.4 Å². The summed E-state index contributed by atoms with van der Waals surface area (Å²) in [6.45, 7) is 0.0570. The number of nitrogens with one attached hydrogen (secondary N) is 1. The highest BCUT2D eigenvalue weighted by atomic mass is 16.5. The van der Waals surface area contributed by atoms with Crippen LogP contribution in [0.3, 0.4) is 0 Å². The standard InChI is InChI=1S/C25H25N3O5/c1-32-21-10-9-18(12-22(21)33-19-7-2-3-8-19)24(30)27-20-13-23(29)28(25(20)31)15-17-6-4-5-16(11-17)14-26/h4-6,9-12,19-20H,2-3,7-8,13,15H2,1H3,(H,27,30)/t20-/m1/s1. The molecule has 170 valence electrons. The lowest BCUT2D eigenvalue weighted by Gasteiger charge is -2.18. The highest BCUT2D eigenvalue weighted by Gasteiger charge is 2.39. The van der Waals surface area contributed by atoms with Gasteiger partial charge in [0.05, 0.1) is 37.8 Å². The fourth-order valence-corrected chi connectivity index (χ4v) is 4.22. The van der Waals surface area contributed by atoms with Crippen molar-refractivity contribution in [2.45, 2.75) is 50.8 Å². The molecule has 4 rings (SSSR count). The van der Waals surface area contributed by atoms with E-state index >= 15 is 0 Å². The Bertz CT molecular complexity index is 1120. The smallest absolute Gasteiger partial charge is 0.252 e. The van der Waals surface area contributed by atoms with Gasteiger partial charge in [0.1, 0.15) is 6.04 Å². The summed E-state index contributed by atoms with van der Waals surface area (Å²) in [6.07, 6.45) is 4.14. The van der Waals surface area contributed by atoms with Crippen molar-refractivity contribution < 1.29 is 23.9 Å². The molecular formula is C25H25N3O5. The molecule has 0 radical (unpaired) electrons. The largest absolute Gasteiger partial charge is 0.493 e. The lowest BCUT2D eigenvalue weighted by Crippen LogP contribution is -2.41. The van der Waals surface area contributed by atoms with Gasteiger partial charge in [-0.2, -0.15) is 5.26 Å². The first-order chi connectivity index (χ1) is 16.0. The predicted molar refractivity (Wildman–Crippen MR) is 118 cm³/mol. The number of ether oxygens (including phenoxy) is 2. The van der Waals surface area contributed by atoms with Gasteiger partial charge in [0.15, 0.2) is 11.5 Å². The summed E-state index contributed by atoms with van der Waals surface area (Å²) in [5, 5.41) is 11.7. The van der Waals surface area contributed by atoms with Gasteiger partial charge in [0.2, 0.25) is 5.91 Å². The van der Waals surface area contributed by atoms with Gasteiger partial charge in [-0.25, -0.2) is 0 Å². The molecule has 1 saturated heterocycles. The molecule has 2 aromatic carbocycles. The summed E-state index contributed by atoms with van der Waals surface area (Å²) in [5.74, 6) is -0.270. The molecule has 1 aliphatic heterocycles. The van der Waals surface area contributed by atoms with Crippen molar-refractivity contribution >= 4 is 17.7 Å². The molecule has 2 aromatic rings. The first-order valence-corrected chi connectivity index (χ1v) is 11.0. The molecule has 0 bridgehead atoms. The maximum Gasteiger partial charge on any atom is 0.252 e. The van der Waals surface area contributed by atoms with Gasteiger partial charge in [0.25, 0.3) is 11.8 Å². The van der Waals surface area contributed by atoms with E-state index in [2.05, 4.69) is 5.32 Å². The third-order valence-corrected chi connectivity index (χ3v) is 5.97. The second-order valence-corrected chi connectivity index (χ2v) is 8.25. The molecule has 1 heterocycles. The molecule has 3 amide bonds. The summed E-state index contributed by atoms with van der Waals surface area (Å²) in [5.41, 5.74) is 1.45. The molecule has 8 heteroatoms. The quantitative estimate of drug-likeness (QED) is 0.654. The first kappa shape index (κ1) is 22.3. The van der Waals surface area contributed by atoms with E-state index in [1.54, 1.807) is 49.6 Å². The topological polar surface area (TPSA) is 109 Å². The zero-order chi connectivity index (χ0) is 23.4. The Morgan fingerprint density at radius 1 is 1.15 bits per heavy atom. The summed E-state index contributed by atoms with van der Waals surface area (Å²) in [4.78, 5) is 39.3. The Hall–Kier alpha value is -3.86. The number of methoxy groups -OCH3 is 1. The van der Waals surface area contributed by atoms with Crippen molar-refractivity contribution in [1.29, 1.82) is 5.26 Å². The summed E-state index contributed by atoms with van der Waals surface area (Å²) >= 11 is 0. The highest BCUT2D eigenvalue weighted by molar-refractivity contribution is 6.08. The van der Waals surface area contributed by atoms with Gasteiger partial charge < -0.3 is 14.8 Å². The van der Waals surface area contributed by atoms with Crippen molar-refractivity contribution in [2.24, 2.45) is 0 Å². The second kappa shape index (κ2) is 9.74. The second-order valence-electron chi connectivity index (χ2n) is 8.25. The molecule has 33 heavy (non-hydrogen) atoms. The van der Waals surface area contributed by atoms with Crippen LogP contribution in [0.25, 0.3) is 0 Å². The molecule has 8 nitrogen and oxygen atoms in total. The van der Waals surface area contributed by atoms with Crippen LogP contribution in [0.1, 0.15) is 53.6 Å². The molecule has 2 fully saturated rings. The van der Waals surface area contributed by atoms with Gasteiger partial charge in [-0.1, -0.05) is 12.1 Å². The number of benzene rings is 2. The molecule has 1 saturated carbocycles. The van der Waals surface area contributed by atoms with Gasteiger partial charge in [-0.15, -0.1) is 0 Å². The zero-order valence-corrected chi connectivity index (χ0v) is 18.4. The highest BCUT2D eigenvalue weighted by Crippen LogP contribution is 2.32. The maximum atomic E-state index is 12.9. The number of hydrogen-bond acceptors (Lipinski definition) is 6. The minimum Gasteiger partial charge on any atom is -0.493 e. The molecule has 0 unspecified atom stereocenters. The zero-order valence-electron chi connectivity index (χ0n) is 18.4. The number of imide groups is 1. The molecule has 0 spiro atoms. The number of rotatable bonds is 7. The monoisotopic (exact) mass is 447 g/mol. The van der Waals surface area contributed by atoms with Crippen molar-refractivity contribution in [1.82, 2.24) is 10.2 Å².